The van der Waals surface area contributed by atoms with Crippen LogP contribution in [0.4, 0.5) is 0 Å². The molecule has 4 aliphatic carbocycles. The van der Waals surface area contributed by atoms with Crippen LogP contribution in [0.1, 0.15) is 78.6 Å². The first kappa shape index (κ1) is 16.6. The average Bonchev–Trinajstić information content (AvgIpc) is 2.85. The molecular weight excluding hydrogens is 294 g/mol. The summed E-state index contributed by atoms with van der Waals surface area (Å²) in [6, 6.07) is 2.31. The third-order valence-electron chi connectivity index (χ3n) is 9.04. The van der Waals surface area contributed by atoms with Gasteiger partial charge in [-0.05, 0) is 99.2 Å². The Morgan fingerprint density at radius 3 is 2.58 bits per heavy atom. The molecule has 1 N–H and O–H groups in total. The van der Waals surface area contributed by atoms with Gasteiger partial charge in [0.15, 0.2) is 0 Å². The average molecular weight is 328 g/mol. The number of hydrogen-bond donors (Lipinski definition) is 1. The number of nitrogens with zero attached hydrogens (tertiary/aromatic N) is 1. The van der Waals surface area contributed by atoms with Gasteiger partial charge in [0.05, 0.1) is 11.7 Å². The molecule has 4 rings (SSSR count). The van der Waals surface area contributed by atoms with E-state index < -0.39 is 5.60 Å². The second-order valence-corrected chi connectivity index (χ2v) is 10.2. The lowest BCUT2D eigenvalue weighted by molar-refractivity contribution is -0.139. The maximum Gasteiger partial charge on any atom is 0.0911 e. The second kappa shape index (κ2) is 5.34. The van der Waals surface area contributed by atoms with Crippen molar-refractivity contribution in [3.8, 4) is 6.07 Å². The number of rotatable bonds is 0. The molecule has 0 unspecified atom stereocenters. The van der Waals surface area contributed by atoms with E-state index in [1.807, 2.05) is 13.0 Å². The van der Waals surface area contributed by atoms with Crippen molar-refractivity contribution in [2.75, 3.05) is 0 Å². The minimum absolute atomic E-state index is 0.292. The fraction of sp³-hybridized carbons (Fsp3) is 0.864. The van der Waals surface area contributed by atoms with Crippen molar-refractivity contribution >= 4 is 0 Å². The van der Waals surface area contributed by atoms with E-state index in [1.165, 1.54) is 44.1 Å². The van der Waals surface area contributed by atoms with Crippen LogP contribution >= 0.6 is 0 Å². The summed E-state index contributed by atoms with van der Waals surface area (Å²) in [5.74, 6) is 3.18. The zero-order valence-electron chi connectivity index (χ0n) is 15.6. The lowest BCUT2D eigenvalue weighted by Crippen LogP contribution is -2.55. The highest BCUT2D eigenvalue weighted by Gasteiger charge is 2.59. The van der Waals surface area contributed by atoms with E-state index in [0.29, 0.717) is 16.7 Å². The fourth-order valence-corrected chi connectivity index (χ4v) is 7.59. The molecular formula is C22H33NO. The Labute approximate surface area is 147 Å². The molecule has 4 aliphatic rings. The van der Waals surface area contributed by atoms with Gasteiger partial charge in [0.1, 0.15) is 0 Å². The molecule has 0 spiro atoms. The summed E-state index contributed by atoms with van der Waals surface area (Å²) in [5, 5.41) is 19.7. The van der Waals surface area contributed by atoms with Crippen LogP contribution in [0.3, 0.4) is 0 Å². The highest BCUT2D eigenvalue weighted by Crippen LogP contribution is 2.67. The van der Waals surface area contributed by atoms with Crippen LogP contribution in [-0.2, 0) is 0 Å². The SMILES string of the molecule is C[C@@]1(O)CC[C@@]2(C)[C@H](CC[C@@H]3[C@@H]2CC[C@]2(C)/C(=C\C#N)CC[C@@H]32)C1. The van der Waals surface area contributed by atoms with Gasteiger partial charge in [-0.2, -0.15) is 5.26 Å². The zero-order valence-corrected chi connectivity index (χ0v) is 15.6. The lowest BCUT2D eigenvalue weighted by Gasteiger charge is -2.61. The number of allylic oxidation sites excluding steroid dienone is 2. The molecule has 0 heterocycles. The number of nitriles is 1. The fourth-order valence-electron chi connectivity index (χ4n) is 7.59. The third-order valence-corrected chi connectivity index (χ3v) is 9.04. The van der Waals surface area contributed by atoms with Crippen molar-refractivity contribution in [2.45, 2.75) is 84.2 Å². The summed E-state index contributed by atoms with van der Waals surface area (Å²) >= 11 is 0. The van der Waals surface area contributed by atoms with Crippen molar-refractivity contribution in [1.82, 2.24) is 0 Å². The van der Waals surface area contributed by atoms with E-state index >= 15 is 0 Å². The molecule has 0 aromatic carbocycles. The van der Waals surface area contributed by atoms with Crippen molar-refractivity contribution in [1.29, 1.82) is 5.26 Å². The molecule has 7 atom stereocenters. The molecule has 4 fully saturated rings. The molecule has 0 bridgehead atoms. The minimum Gasteiger partial charge on any atom is -0.390 e. The van der Waals surface area contributed by atoms with Crippen LogP contribution in [0.2, 0.25) is 0 Å². The summed E-state index contributed by atoms with van der Waals surface area (Å²) in [7, 11) is 0. The Bertz CT molecular complexity index is 600. The normalized spacial score (nSPS) is 55.4. The zero-order chi connectivity index (χ0) is 17.2. The predicted molar refractivity (Wildman–Crippen MR) is 96.0 cm³/mol. The van der Waals surface area contributed by atoms with E-state index in [0.717, 1.165) is 37.0 Å². The molecule has 0 amide bonds. The molecule has 0 saturated heterocycles. The van der Waals surface area contributed by atoms with Crippen LogP contribution in [-0.4, -0.2) is 10.7 Å². The van der Waals surface area contributed by atoms with Crippen LogP contribution in [0.15, 0.2) is 11.6 Å². The van der Waals surface area contributed by atoms with Crippen molar-refractivity contribution < 1.29 is 5.11 Å². The number of aliphatic hydroxyl groups is 1. The molecule has 0 aromatic rings. The standard InChI is InChI=1S/C22H33NO/c1-20(24)11-12-22(3)16(14-20)4-6-17-18-7-5-15(9-13-23)21(18,2)10-8-19(17)22/h9,16-19,24H,4-8,10-12,14H2,1-3H3/b15-9-/t16-,17+,18+,19+,20-,21-,22+/m1/s1. The molecule has 2 nitrogen and oxygen atoms in total. The van der Waals surface area contributed by atoms with Crippen LogP contribution < -0.4 is 0 Å². The van der Waals surface area contributed by atoms with E-state index in [9.17, 15) is 5.11 Å². The van der Waals surface area contributed by atoms with Crippen LogP contribution in [0.5, 0.6) is 0 Å². The highest BCUT2D eigenvalue weighted by molar-refractivity contribution is 5.28. The molecule has 0 aliphatic heterocycles. The Morgan fingerprint density at radius 1 is 1.04 bits per heavy atom. The van der Waals surface area contributed by atoms with Crippen LogP contribution in [0.25, 0.3) is 0 Å². The summed E-state index contributed by atoms with van der Waals surface area (Å²) in [6.07, 6.45) is 12.7. The minimum atomic E-state index is -0.434. The van der Waals surface area contributed by atoms with E-state index in [4.69, 9.17) is 5.26 Å². The molecule has 132 valence electrons. The van der Waals surface area contributed by atoms with Gasteiger partial charge in [0.25, 0.3) is 0 Å². The maximum absolute atomic E-state index is 10.6. The molecule has 0 aromatic heterocycles. The van der Waals surface area contributed by atoms with Gasteiger partial charge in [-0.3, -0.25) is 0 Å². The van der Waals surface area contributed by atoms with Crippen molar-refractivity contribution in [3.63, 3.8) is 0 Å². The summed E-state index contributed by atoms with van der Waals surface area (Å²) in [5.41, 5.74) is 1.73. The summed E-state index contributed by atoms with van der Waals surface area (Å²) in [6.45, 7) is 7.05. The topological polar surface area (TPSA) is 44.0 Å². The smallest absolute Gasteiger partial charge is 0.0911 e. The van der Waals surface area contributed by atoms with Gasteiger partial charge in [-0.25, -0.2) is 0 Å². The maximum atomic E-state index is 10.6. The first-order valence-corrected chi connectivity index (χ1v) is 10.1. The Kier molecular flexibility index (Phi) is 3.70. The van der Waals surface area contributed by atoms with Crippen molar-refractivity contribution in [2.24, 2.45) is 34.5 Å². The number of fused-ring (bicyclic) bond motifs is 5. The van der Waals surface area contributed by atoms with Gasteiger partial charge < -0.3 is 5.11 Å². The van der Waals surface area contributed by atoms with Crippen molar-refractivity contribution in [3.05, 3.63) is 11.6 Å². The Hall–Kier alpha value is -0.810. The number of hydrogen-bond acceptors (Lipinski definition) is 2. The molecule has 2 heteroatoms. The Balaban J connectivity index is 1.62. The highest BCUT2D eigenvalue weighted by atomic mass is 16.3. The van der Waals surface area contributed by atoms with Gasteiger partial charge in [-0.1, -0.05) is 19.4 Å². The lowest BCUT2D eigenvalue weighted by atomic mass is 9.44. The molecule has 24 heavy (non-hydrogen) atoms. The van der Waals surface area contributed by atoms with Gasteiger partial charge in [0, 0.05) is 6.08 Å². The van der Waals surface area contributed by atoms with Crippen LogP contribution in [0, 0.1) is 45.8 Å². The first-order chi connectivity index (χ1) is 11.3. The van der Waals surface area contributed by atoms with E-state index in [1.54, 1.807) is 0 Å². The largest absolute Gasteiger partial charge is 0.390 e. The van der Waals surface area contributed by atoms with E-state index in [2.05, 4.69) is 19.9 Å². The van der Waals surface area contributed by atoms with E-state index in [-0.39, 0.29) is 0 Å². The summed E-state index contributed by atoms with van der Waals surface area (Å²) in [4.78, 5) is 0. The summed E-state index contributed by atoms with van der Waals surface area (Å²) < 4.78 is 0. The molecule has 4 saturated carbocycles. The van der Waals surface area contributed by atoms with Gasteiger partial charge >= 0.3 is 0 Å². The Morgan fingerprint density at radius 2 is 1.83 bits per heavy atom. The molecule has 0 radical (unpaired) electrons. The van der Waals surface area contributed by atoms with Gasteiger partial charge in [0.2, 0.25) is 0 Å². The third kappa shape index (κ3) is 2.23. The monoisotopic (exact) mass is 327 g/mol. The first-order valence-electron chi connectivity index (χ1n) is 10.1. The predicted octanol–water partition coefficient (Wildman–Crippen LogP) is 5.23. The second-order valence-electron chi connectivity index (χ2n) is 10.2. The quantitative estimate of drug-likeness (QED) is 0.619. The van der Waals surface area contributed by atoms with Gasteiger partial charge in [-0.15, -0.1) is 0 Å².